The molecule has 0 spiro atoms. The Hall–Kier alpha value is -0.750. The molecule has 20 heavy (non-hydrogen) atoms. The predicted molar refractivity (Wildman–Crippen MR) is 71.4 cm³/mol. The van der Waals surface area contributed by atoms with E-state index in [-0.39, 0.29) is 16.1 Å². The fourth-order valence-corrected chi connectivity index (χ4v) is 5.24. The lowest BCUT2D eigenvalue weighted by atomic mass is 9.79. The molecule has 2 bridgehead atoms. The Bertz CT molecular complexity index is 493. The molecule has 1 aromatic heterocycles. The normalized spacial score (nSPS) is 34.0. The predicted octanol–water partition coefficient (Wildman–Crippen LogP) is 3.74. The number of halogens is 3. The standard InChI is InChI=1S/C14H16F3NOS/c15-14(16,17)12-11(5-2-6-18-12)13(19)7-9-3-1-4-10(8-13)20-9/h2,5-6,9-10,19H,1,3-4,7-8H2. The van der Waals surface area contributed by atoms with E-state index in [4.69, 9.17) is 0 Å². The van der Waals surface area contributed by atoms with E-state index in [1.807, 2.05) is 11.8 Å². The first kappa shape index (κ1) is 14.2. The van der Waals surface area contributed by atoms with Gasteiger partial charge in [-0.1, -0.05) is 12.5 Å². The average molecular weight is 303 g/mol. The molecule has 110 valence electrons. The quantitative estimate of drug-likeness (QED) is 0.858. The van der Waals surface area contributed by atoms with Crippen molar-refractivity contribution < 1.29 is 18.3 Å². The number of nitrogens with zero attached hydrogens (tertiary/aromatic N) is 1. The lowest BCUT2D eigenvalue weighted by Crippen LogP contribution is -2.42. The van der Waals surface area contributed by atoms with E-state index in [0.29, 0.717) is 12.8 Å². The molecule has 2 aliphatic heterocycles. The largest absolute Gasteiger partial charge is 0.433 e. The zero-order chi connectivity index (χ0) is 14.4. The summed E-state index contributed by atoms with van der Waals surface area (Å²) in [7, 11) is 0. The highest BCUT2D eigenvalue weighted by atomic mass is 32.2. The van der Waals surface area contributed by atoms with Gasteiger partial charge in [-0.25, -0.2) is 0 Å². The van der Waals surface area contributed by atoms with Crippen molar-refractivity contribution in [3.05, 3.63) is 29.6 Å². The van der Waals surface area contributed by atoms with Gasteiger partial charge in [0.05, 0.1) is 5.60 Å². The van der Waals surface area contributed by atoms with Crippen LogP contribution in [0.2, 0.25) is 0 Å². The first-order valence-corrected chi connectivity index (χ1v) is 7.73. The molecule has 3 rings (SSSR count). The van der Waals surface area contributed by atoms with Gasteiger partial charge in [0.15, 0.2) is 0 Å². The van der Waals surface area contributed by atoms with E-state index in [2.05, 4.69) is 4.98 Å². The van der Waals surface area contributed by atoms with Gasteiger partial charge in [0, 0.05) is 22.3 Å². The highest BCUT2D eigenvalue weighted by Crippen LogP contribution is 2.51. The summed E-state index contributed by atoms with van der Waals surface area (Å²) in [6.45, 7) is 0. The summed E-state index contributed by atoms with van der Waals surface area (Å²) >= 11 is 1.82. The van der Waals surface area contributed by atoms with E-state index in [9.17, 15) is 18.3 Å². The molecular weight excluding hydrogens is 287 g/mol. The van der Waals surface area contributed by atoms with Crippen LogP contribution in [0.25, 0.3) is 0 Å². The van der Waals surface area contributed by atoms with Crippen LogP contribution >= 0.6 is 11.8 Å². The van der Waals surface area contributed by atoms with Gasteiger partial charge < -0.3 is 5.11 Å². The van der Waals surface area contributed by atoms with Crippen molar-refractivity contribution in [3.63, 3.8) is 0 Å². The smallest absolute Gasteiger partial charge is 0.385 e. The van der Waals surface area contributed by atoms with Gasteiger partial charge in [-0.3, -0.25) is 4.98 Å². The van der Waals surface area contributed by atoms with Gasteiger partial charge in [0.2, 0.25) is 0 Å². The Morgan fingerprint density at radius 3 is 2.50 bits per heavy atom. The molecule has 0 amide bonds. The fraction of sp³-hybridized carbons (Fsp3) is 0.643. The van der Waals surface area contributed by atoms with Crippen molar-refractivity contribution >= 4 is 11.8 Å². The SMILES string of the molecule is OC1(c2cccnc2C(F)(F)F)CC2CCCC(C1)S2. The minimum atomic E-state index is -4.52. The summed E-state index contributed by atoms with van der Waals surface area (Å²) in [5.41, 5.74) is -2.38. The number of aromatic nitrogens is 1. The Morgan fingerprint density at radius 2 is 1.90 bits per heavy atom. The molecule has 2 fully saturated rings. The number of pyridine rings is 1. The van der Waals surface area contributed by atoms with E-state index in [1.165, 1.54) is 12.1 Å². The van der Waals surface area contributed by atoms with Gasteiger partial charge in [-0.2, -0.15) is 24.9 Å². The molecule has 2 unspecified atom stereocenters. The molecule has 2 atom stereocenters. The number of hydrogen-bond donors (Lipinski definition) is 1. The van der Waals surface area contributed by atoms with Crippen LogP contribution in [0, 0.1) is 0 Å². The highest BCUT2D eigenvalue weighted by molar-refractivity contribution is 8.00. The van der Waals surface area contributed by atoms with Gasteiger partial charge in [0.1, 0.15) is 5.69 Å². The molecule has 1 N–H and O–H groups in total. The minimum Gasteiger partial charge on any atom is -0.385 e. The van der Waals surface area contributed by atoms with Crippen LogP contribution in [0.5, 0.6) is 0 Å². The summed E-state index contributed by atoms with van der Waals surface area (Å²) < 4.78 is 39.3. The molecule has 0 radical (unpaired) electrons. The molecule has 2 saturated heterocycles. The first-order valence-electron chi connectivity index (χ1n) is 6.79. The molecule has 2 nitrogen and oxygen atoms in total. The van der Waals surface area contributed by atoms with Gasteiger partial charge in [0.25, 0.3) is 0 Å². The van der Waals surface area contributed by atoms with Crippen molar-refractivity contribution in [2.75, 3.05) is 0 Å². The number of alkyl halides is 3. The number of aliphatic hydroxyl groups is 1. The Morgan fingerprint density at radius 1 is 1.25 bits per heavy atom. The lowest BCUT2D eigenvalue weighted by molar-refractivity contribution is -0.145. The van der Waals surface area contributed by atoms with Crippen molar-refractivity contribution in [1.29, 1.82) is 0 Å². The molecule has 0 aromatic carbocycles. The van der Waals surface area contributed by atoms with Crippen LogP contribution in [-0.2, 0) is 11.8 Å². The van der Waals surface area contributed by atoms with Crippen molar-refractivity contribution in [2.24, 2.45) is 0 Å². The number of thioether (sulfide) groups is 1. The number of hydrogen-bond acceptors (Lipinski definition) is 3. The van der Waals surface area contributed by atoms with Crippen LogP contribution in [0.1, 0.15) is 43.4 Å². The van der Waals surface area contributed by atoms with E-state index in [1.54, 1.807) is 0 Å². The lowest BCUT2D eigenvalue weighted by Gasteiger charge is -2.44. The topological polar surface area (TPSA) is 33.1 Å². The van der Waals surface area contributed by atoms with Gasteiger partial charge in [-0.15, -0.1) is 0 Å². The number of fused-ring (bicyclic) bond motifs is 2. The van der Waals surface area contributed by atoms with E-state index < -0.39 is 17.5 Å². The van der Waals surface area contributed by atoms with Gasteiger partial charge in [-0.05, 0) is 31.7 Å². The summed E-state index contributed by atoms with van der Waals surface area (Å²) in [5, 5.41) is 11.4. The molecule has 6 heteroatoms. The third-order valence-electron chi connectivity index (χ3n) is 4.15. The third kappa shape index (κ3) is 2.55. The second-order valence-electron chi connectivity index (χ2n) is 5.65. The Balaban J connectivity index is 2.00. The van der Waals surface area contributed by atoms with Crippen LogP contribution in [0.3, 0.4) is 0 Å². The summed E-state index contributed by atoms with van der Waals surface area (Å²) in [6.07, 6.45) is 0.458. The van der Waals surface area contributed by atoms with Gasteiger partial charge >= 0.3 is 6.18 Å². The van der Waals surface area contributed by atoms with Crippen molar-refractivity contribution in [2.45, 2.75) is 54.4 Å². The number of rotatable bonds is 1. The fourth-order valence-electron chi connectivity index (χ4n) is 3.35. The second-order valence-corrected chi connectivity index (χ2v) is 7.25. The first-order chi connectivity index (χ1) is 9.38. The maximum Gasteiger partial charge on any atom is 0.433 e. The zero-order valence-corrected chi connectivity index (χ0v) is 11.7. The third-order valence-corrected chi connectivity index (χ3v) is 5.72. The summed E-state index contributed by atoms with van der Waals surface area (Å²) in [5.74, 6) is 0. The highest BCUT2D eigenvalue weighted by Gasteiger charge is 2.47. The zero-order valence-electron chi connectivity index (χ0n) is 10.9. The summed E-state index contributed by atoms with van der Waals surface area (Å²) in [4.78, 5) is 3.47. The maximum absolute atomic E-state index is 13.1. The van der Waals surface area contributed by atoms with Crippen LogP contribution in [-0.4, -0.2) is 20.6 Å². The van der Waals surface area contributed by atoms with E-state index in [0.717, 1.165) is 25.5 Å². The Labute approximate surface area is 119 Å². The molecule has 1 aromatic rings. The molecular formula is C14H16F3NOS. The second kappa shape index (κ2) is 4.91. The van der Waals surface area contributed by atoms with Crippen molar-refractivity contribution in [3.8, 4) is 0 Å². The summed E-state index contributed by atoms with van der Waals surface area (Å²) in [6, 6.07) is 2.85. The molecule has 0 saturated carbocycles. The van der Waals surface area contributed by atoms with Crippen LogP contribution in [0.15, 0.2) is 18.3 Å². The minimum absolute atomic E-state index is 0.0512. The molecule has 3 heterocycles. The maximum atomic E-state index is 13.1. The van der Waals surface area contributed by atoms with Crippen LogP contribution in [0.4, 0.5) is 13.2 Å². The van der Waals surface area contributed by atoms with Crippen molar-refractivity contribution in [1.82, 2.24) is 4.98 Å². The average Bonchev–Trinajstić information content (AvgIpc) is 2.37. The molecule has 0 aliphatic carbocycles. The van der Waals surface area contributed by atoms with Crippen LogP contribution < -0.4 is 0 Å². The van der Waals surface area contributed by atoms with E-state index >= 15 is 0 Å². The Kier molecular flexibility index (Phi) is 3.49. The monoisotopic (exact) mass is 303 g/mol. The molecule has 2 aliphatic rings.